The molecule has 4 atom stereocenters. The molecule has 4 aliphatic rings. The quantitative estimate of drug-likeness (QED) is 0.589. The van der Waals surface area contributed by atoms with Crippen LogP contribution in [0.15, 0.2) is 0 Å². The summed E-state index contributed by atoms with van der Waals surface area (Å²) in [7, 11) is 0. The van der Waals surface area contributed by atoms with E-state index in [1.807, 2.05) is 13.8 Å². The van der Waals surface area contributed by atoms with E-state index in [1.54, 1.807) is 20.8 Å². The number of hydrogen-bond acceptors (Lipinski definition) is 7. The van der Waals surface area contributed by atoms with E-state index in [-0.39, 0.29) is 24.9 Å². The maximum Gasteiger partial charge on any atom is 0.407 e. The molecule has 10 heteroatoms. The van der Waals surface area contributed by atoms with Gasteiger partial charge in [0.1, 0.15) is 23.4 Å². The third-order valence-corrected chi connectivity index (χ3v) is 4.59. The second-order valence-electron chi connectivity index (χ2n) is 8.35. The van der Waals surface area contributed by atoms with E-state index >= 15 is 0 Å². The molecule has 4 N–H and O–H groups in total. The molecule has 4 fully saturated rings. The summed E-state index contributed by atoms with van der Waals surface area (Å²) in [5.41, 5.74) is 3.16. The number of thiocarbonyl (C=S) groups is 1. The van der Waals surface area contributed by atoms with Crippen molar-refractivity contribution >= 4 is 23.4 Å². The van der Waals surface area contributed by atoms with Crippen molar-refractivity contribution in [2.45, 2.75) is 69.5 Å². The first kappa shape index (κ1) is 19.6. The largest absolute Gasteiger partial charge is 0.444 e. The molecule has 0 saturated carbocycles. The van der Waals surface area contributed by atoms with Crippen LogP contribution in [0.4, 0.5) is 4.79 Å². The van der Waals surface area contributed by atoms with E-state index in [0.29, 0.717) is 0 Å². The maximum absolute atomic E-state index is 12.1. The number of carbonyl (C=O) groups excluding carboxylic acids is 1. The number of nitrogens with one attached hydrogen (secondary N) is 2. The van der Waals surface area contributed by atoms with Crippen molar-refractivity contribution in [2.75, 3.05) is 19.8 Å². The fraction of sp³-hybridized carbons (Fsp3) is 0.875. The zero-order valence-electron chi connectivity index (χ0n) is 15.7. The summed E-state index contributed by atoms with van der Waals surface area (Å²) in [6.07, 6.45) is -1.51. The fourth-order valence-corrected chi connectivity index (χ4v) is 3.66. The lowest BCUT2D eigenvalue weighted by Crippen LogP contribution is -2.80. The van der Waals surface area contributed by atoms with Crippen LogP contribution < -0.4 is 16.4 Å². The third-order valence-electron chi connectivity index (χ3n) is 4.49. The Bertz CT molecular complexity index is 597. The van der Waals surface area contributed by atoms with Crippen molar-refractivity contribution in [3.8, 4) is 0 Å². The number of alkyl carbamates (subject to hydrolysis) is 1. The Labute approximate surface area is 158 Å². The van der Waals surface area contributed by atoms with Gasteiger partial charge in [0.05, 0.1) is 19.8 Å². The second-order valence-corrected chi connectivity index (χ2v) is 8.79. The van der Waals surface area contributed by atoms with Gasteiger partial charge in [-0.1, -0.05) is 0 Å². The predicted octanol–water partition coefficient (Wildman–Crippen LogP) is 0.360. The van der Waals surface area contributed by atoms with Crippen molar-refractivity contribution in [1.82, 2.24) is 10.6 Å². The zero-order valence-corrected chi connectivity index (χ0v) is 16.5. The number of carbonyl (C=O) groups is 1. The molecule has 4 saturated heterocycles. The van der Waals surface area contributed by atoms with E-state index in [9.17, 15) is 4.79 Å². The minimum atomic E-state index is -1.02. The number of hydrogen-bond donors (Lipinski definition) is 3. The molecule has 4 unspecified atom stereocenters. The second kappa shape index (κ2) is 6.16. The van der Waals surface area contributed by atoms with E-state index in [0.717, 1.165) is 0 Å². The van der Waals surface area contributed by atoms with Crippen LogP contribution in [0.2, 0.25) is 0 Å². The number of fused-ring (bicyclic) bond motifs is 2. The molecule has 1 amide bonds. The lowest BCUT2D eigenvalue weighted by atomic mass is 9.81. The van der Waals surface area contributed by atoms with E-state index in [2.05, 4.69) is 10.6 Å². The molecule has 4 heterocycles. The molecular formula is C16H27N3O6S. The van der Waals surface area contributed by atoms with Crippen molar-refractivity contribution < 1.29 is 28.5 Å². The van der Waals surface area contributed by atoms with Gasteiger partial charge < -0.3 is 40.1 Å². The van der Waals surface area contributed by atoms with E-state index < -0.39 is 41.0 Å². The molecule has 0 spiro atoms. The normalized spacial score (nSPS) is 37.7. The monoisotopic (exact) mass is 389 g/mol. The average molecular weight is 389 g/mol. The highest BCUT2D eigenvalue weighted by atomic mass is 32.1. The highest BCUT2D eigenvalue weighted by molar-refractivity contribution is 7.80. The van der Waals surface area contributed by atoms with Gasteiger partial charge in [-0.05, 0) is 46.8 Å². The Morgan fingerprint density at radius 2 is 1.88 bits per heavy atom. The van der Waals surface area contributed by atoms with E-state index in [1.165, 1.54) is 0 Å². The molecular weight excluding hydrogens is 362 g/mol. The predicted molar refractivity (Wildman–Crippen MR) is 95.3 cm³/mol. The van der Waals surface area contributed by atoms with Crippen LogP contribution in [0, 0.1) is 0 Å². The SMILES string of the molecule is CC(C)(C)OC(=O)NCC12COC(NC(N)=S)(CO1)C1OC(C)(C)OC12. The summed E-state index contributed by atoms with van der Waals surface area (Å²) < 4.78 is 29.5. The third kappa shape index (κ3) is 3.61. The first-order valence-electron chi connectivity index (χ1n) is 8.55. The molecule has 0 aromatic heterocycles. The Hall–Kier alpha value is -1.20. The fourth-order valence-electron chi connectivity index (χ4n) is 3.49. The lowest BCUT2D eigenvalue weighted by Gasteiger charge is -2.57. The Balaban J connectivity index is 1.77. The summed E-state index contributed by atoms with van der Waals surface area (Å²) >= 11 is 4.97. The highest BCUT2D eigenvalue weighted by Crippen LogP contribution is 2.48. The van der Waals surface area contributed by atoms with Gasteiger partial charge in [-0.2, -0.15) is 0 Å². The summed E-state index contributed by atoms with van der Waals surface area (Å²) in [4.78, 5) is 12.1. The van der Waals surface area contributed by atoms with Gasteiger partial charge in [0.15, 0.2) is 16.6 Å². The molecule has 4 aliphatic heterocycles. The van der Waals surface area contributed by atoms with Gasteiger partial charge >= 0.3 is 6.09 Å². The Kier molecular flexibility index (Phi) is 4.64. The molecule has 2 bridgehead atoms. The molecule has 26 heavy (non-hydrogen) atoms. The van der Waals surface area contributed by atoms with Gasteiger partial charge in [0.25, 0.3) is 0 Å². The van der Waals surface area contributed by atoms with Crippen molar-refractivity contribution in [3.05, 3.63) is 0 Å². The summed E-state index contributed by atoms with van der Waals surface area (Å²) in [6.45, 7) is 9.52. The van der Waals surface area contributed by atoms with Crippen LogP contribution in [0.25, 0.3) is 0 Å². The molecule has 0 radical (unpaired) electrons. The Morgan fingerprint density at radius 1 is 1.23 bits per heavy atom. The van der Waals surface area contributed by atoms with Gasteiger partial charge in [0, 0.05) is 0 Å². The number of rotatable bonds is 3. The smallest absolute Gasteiger partial charge is 0.407 e. The number of nitrogens with two attached hydrogens (primary N) is 1. The van der Waals surface area contributed by atoms with Crippen LogP contribution in [0.3, 0.4) is 0 Å². The molecule has 9 nitrogen and oxygen atoms in total. The Morgan fingerprint density at radius 3 is 2.42 bits per heavy atom. The van der Waals surface area contributed by atoms with Crippen molar-refractivity contribution in [1.29, 1.82) is 0 Å². The van der Waals surface area contributed by atoms with Crippen LogP contribution in [0.5, 0.6) is 0 Å². The highest BCUT2D eigenvalue weighted by Gasteiger charge is 2.69. The molecule has 0 aromatic rings. The topological polar surface area (TPSA) is 113 Å². The standard InChI is InChI=1S/C16H27N3O6S/c1-13(2,3)25-12(20)18-6-15-7-22-16(8-21-15,19-11(17)26)10-9(15)23-14(4,5)24-10/h9-10H,6-8H2,1-5H3,(H,18,20)(H3,17,19,26). The minimum absolute atomic E-state index is 0.0851. The van der Waals surface area contributed by atoms with Crippen LogP contribution >= 0.6 is 12.2 Å². The van der Waals surface area contributed by atoms with Crippen LogP contribution in [0.1, 0.15) is 34.6 Å². The van der Waals surface area contributed by atoms with Crippen molar-refractivity contribution in [2.24, 2.45) is 5.73 Å². The number of amides is 1. The van der Waals surface area contributed by atoms with Crippen molar-refractivity contribution in [3.63, 3.8) is 0 Å². The summed E-state index contributed by atoms with van der Waals surface area (Å²) in [5.74, 6) is -0.836. The van der Waals surface area contributed by atoms with Gasteiger partial charge in [-0.25, -0.2) is 4.79 Å². The summed E-state index contributed by atoms with van der Waals surface area (Å²) in [6, 6.07) is 0. The number of ether oxygens (including phenoxy) is 5. The average Bonchev–Trinajstić information content (AvgIpc) is 2.82. The van der Waals surface area contributed by atoms with E-state index in [4.69, 9.17) is 41.6 Å². The maximum atomic E-state index is 12.1. The first-order valence-corrected chi connectivity index (χ1v) is 8.95. The van der Waals surface area contributed by atoms with Gasteiger partial charge in [0.2, 0.25) is 0 Å². The molecule has 148 valence electrons. The molecule has 0 aromatic carbocycles. The van der Waals surface area contributed by atoms with Crippen LogP contribution in [-0.4, -0.2) is 65.9 Å². The van der Waals surface area contributed by atoms with Gasteiger partial charge in [-0.3, -0.25) is 0 Å². The first-order chi connectivity index (χ1) is 11.9. The van der Waals surface area contributed by atoms with Gasteiger partial charge in [-0.15, -0.1) is 0 Å². The summed E-state index contributed by atoms with van der Waals surface area (Å²) in [5, 5.41) is 5.78. The lowest BCUT2D eigenvalue weighted by molar-refractivity contribution is -0.333. The minimum Gasteiger partial charge on any atom is -0.444 e. The van der Waals surface area contributed by atoms with Crippen LogP contribution in [-0.2, 0) is 23.7 Å². The zero-order chi connectivity index (χ0) is 19.4. The molecule has 4 rings (SSSR count). The molecule has 0 aliphatic carbocycles.